The molecule has 118 valence electrons. The van der Waals surface area contributed by atoms with Gasteiger partial charge >= 0.3 is 0 Å². The van der Waals surface area contributed by atoms with E-state index in [9.17, 15) is 0 Å². The molecule has 0 saturated heterocycles. The molecule has 0 unspecified atom stereocenters. The van der Waals surface area contributed by atoms with Crippen molar-refractivity contribution in [2.75, 3.05) is 0 Å². The van der Waals surface area contributed by atoms with E-state index < -0.39 is 0 Å². The molecule has 0 amide bonds. The Balaban J connectivity index is 0.00000172. The molecule has 0 aliphatic heterocycles. The van der Waals surface area contributed by atoms with Gasteiger partial charge in [0.1, 0.15) is 0 Å². The zero-order valence-electron chi connectivity index (χ0n) is 14.7. The lowest BCUT2D eigenvalue weighted by Crippen LogP contribution is -2.20. The number of hydrogen-bond donors (Lipinski definition) is 1. The van der Waals surface area contributed by atoms with E-state index >= 15 is 0 Å². The van der Waals surface area contributed by atoms with Gasteiger partial charge in [0.15, 0.2) is 0 Å². The highest BCUT2D eigenvalue weighted by Gasteiger charge is 2.33. The van der Waals surface area contributed by atoms with E-state index in [2.05, 4.69) is 79.0 Å². The van der Waals surface area contributed by atoms with E-state index in [0.29, 0.717) is 0 Å². The Labute approximate surface area is 148 Å². The number of thiophene rings is 1. The summed E-state index contributed by atoms with van der Waals surface area (Å²) in [6.45, 7) is 23.3. The highest BCUT2D eigenvalue weighted by molar-refractivity contribution is 14.2. The molecule has 0 saturated carbocycles. The summed E-state index contributed by atoms with van der Waals surface area (Å²) in [6.07, 6.45) is 0. The minimum atomic E-state index is 0.229. The predicted molar refractivity (Wildman–Crippen MR) is 108 cm³/mol. The average Bonchev–Trinajstić information content (AvgIpc) is 2.57. The molecule has 20 heavy (non-hydrogen) atoms. The summed E-state index contributed by atoms with van der Waals surface area (Å²) in [6, 6.07) is 0. The first kappa shape index (κ1) is 20.8. The quantitative estimate of drug-likeness (QED) is 0.329. The van der Waals surface area contributed by atoms with Crippen molar-refractivity contribution < 1.29 is 0 Å². The molecule has 0 spiro atoms. The molecular formula is C17H31IS2. The largest absolute Gasteiger partial charge is 0.144 e. The topological polar surface area (TPSA) is 0 Å². The third-order valence-electron chi connectivity index (χ3n) is 3.26. The van der Waals surface area contributed by atoms with Gasteiger partial charge in [-0.15, -0.1) is 21.1 Å². The second-order valence-electron chi connectivity index (χ2n) is 8.51. The van der Waals surface area contributed by atoms with E-state index in [1.165, 1.54) is 5.56 Å². The Hall–Kier alpha value is 0.780. The van der Waals surface area contributed by atoms with Crippen LogP contribution in [0.2, 0.25) is 0 Å². The fourth-order valence-electron chi connectivity index (χ4n) is 2.66. The van der Waals surface area contributed by atoms with Crippen molar-refractivity contribution in [1.82, 2.24) is 0 Å². The molecule has 0 bridgehead atoms. The maximum atomic E-state index is 3.50. The third-order valence-corrected chi connectivity index (χ3v) is 5.40. The van der Waals surface area contributed by atoms with E-state index in [1.54, 1.807) is 15.3 Å². The summed E-state index contributed by atoms with van der Waals surface area (Å²) in [7, 11) is 3.50. The number of halogens is 1. The lowest BCUT2D eigenvalue weighted by molar-refractivity contribution is 0.536. The second kappa shape index (κ2) is 6.91. The number of thiol groups is 1. The van der Waals surface area contributed by atoms with E-state index in [0.717, 1.165) is 0 Å². The summed E-state index contributed by atoms with van der Waals surface area (Å²) in [5, 5.41) is 0. The van der Waals surface area contributed by atoms with Crippen LogP contribution in [0.1, 0.15) is 83.2 Å². The molecule has 1 aromatic rings. The van der Waals surface area contributed by atoms with Gasteiger partial charge in [0.2, 0.25) is 0 Å². The van der Waals surface area contributed by atoms with Crippen LogP contribution in [0.4, 0.5) is 0 Å². The van der Waals surface area contributed by atoms with Gasteiger partial charge in [-0.05, 0) is 55.5 Å². The van der Waals surface area contributed by atoms with Crippen LogP contribution in [-0.4, -0.2) is 0 Å². The summed E-state index contributed by atoms with van der Waals surface area (Å²) in [5.74, 6) is 0. The molecule has 1 aromatic heterocycles. The van der Waals surface area contributed by atoms with Crippen LogP contribution < -0.4 is 0 Å². The molecule has 3 heteroatoms. The molecule has 0 atom stereocenters. The van der Waals surface area contributed by atoms with Gasteiger partial charge in [0.25, 0.3) is 0 Å². The maximum absolute atomic E-state index is 3.50. The van der Waals surface area contributed by atoms with Gasteiger partial charge in [-0.2, -0.15) is 0 Å². The fraction of sp³-hybridized carbons (Fsp3) is 0.765. The molecule has 0 radical (unpaired) electrons. The Morgan fingerprint density at radius 1 is 0.700 bits per heavy atom. The summed E-state index contributed by atoms with van der Waals surface area (Å²) < 4.78 is 0. The predicted octanol–water partition coefficient (Wildman–Crippen LogP) is 7.22. The van der Waals surface area contributed by atoms with Gasteiger partial charge in [-0.25, -0.2) is 0 Å². The van der Waals surface area contributed by atoms with Crippen molar-refractivity contribution in [3.8, 4) is 0 Å². The lowest BCUT2D eigenvalue weighted by atomic mass is 9.77. The molecule has 1 heterocycles. The first-order valence-electron chi connectivity index (χ1n) is 7.08. The Morgan fingerprint density at radius 3 is 1.25 bits per heavy atom. The number of rotatable bonds is 0. The average molecular weight is 426 g/mol. The molecule has 0 aliphatic carbocycles. The molecule has 0 fully saturated rings. The van der Waals surface area contributed by atoms with Crippen LogP contribution in [-0.2, 0) is 16.2 Å². The standard InChI is InChI=1S/C17H30S.HIS/c1-11-12(15(2,3)4)14(17(8,9)10)18-13(11)16(5,6)7;1-2/h1-10H3;2H. The summed E-state index contributed by atoms with van der Waals surface area (Å²) in [4.78, 5) is 3.12. The first-order chi connectivity index (χ1) is 8.76. The lowest BCUT2D eigenvalue weighted by Gasteiger charge is -2.27. The van der Waals surface area contributed by atoms with Crippen molar-refractivity contribution in [3.05, 3.63) is 20.9 Å². The monoisotopic (exact) mass is 426 g/mol. The number of hydrogen-bond acceptors (Lipinski definition) is 2. The van der Waals surface area contributed by atoms with E-state index in [4.69, 9.17) is 0 Å². The zero-order chi connectivity index (χ0) is 16.5. The van der Waals surface area contributed by atoms with Crippen LogP contribution in [0.5, 0.6) is 0 Å². The normalized spacial score (nSPS) is 13.0. The van der Waals surface area contributed by atoms with Crippen LogP contribution in [0.25, 0.3) is 0 Å². The van der Waals surface area contributed by atoms with Crippen LogP contribution >= 0.6 is 42.3 Å². The minimum absolute atomic E-state index is 0.229. The summed E-state index contributed by atoms with van der Waals surface area (Å²) >= 11 is 3.87. The highest BCUT2D eigenvalue weighted by Crippen LogP contribution is 2.46. The zero-order valence-corrected chi connectivity index (χ0v) is 18.6. The van der Waals surface area contributed by atoms with Gasteiger partial charge in [-0.1, -0.05) is 62.3 Å². The Kier molecular flexibility index (Phi) is 7.18. The highest BCUT2D eigenvalue weighted by atomic mass is 127. The van der Waals surface area contributed by atoms with Crippen molar-refractivity contribution >= 4 is 42.3 Å². The maximum Gasteiger partial charge on any atom is 0.0142 e. The molecule has 0 nitrogen and oxygen atoms in total. The van der Waals surface area contributed by atoms with Crippen molar-refractivity contribution in [2.45, 2.75) is 85.5 Å². The van der Waals surface area contributed by atoms with Gasteiger partial charge in [-0.3, -0.25) is 0 Å². The second-order valence-corrected chi connectivity index (χ2v) is 9.53. The molecule has 0 aromatic carbocycles. The van der Waals surface area contributed by atoms with Crippen LogP contribution in [0.3, 0.4) is 0 Å². The van der Waals surface area contributed by atoms with E-state index in [-0.39, 0.29) is 16.2 Å². The molecule has 0 N–H and O–H groups in total. The smallest absolute Gasteiger partial charge is 0.0142 e. The fourth-order valence-corrected chi connectivity index (χ4v) is 4.29. The van der Waals surface area contributed by atoms with Gasteiger partial charge in [0, 0.05) is 9.75 Å². The van der Waals surface area contributed by atoms with Gasteiger partial charge < -0.3 is 0 Å². The molecule has 1 rings (SSSR count). The first-order valence-corrected chi connectivity index (χ1v) is 11.1. The Morgan fingerprint density at radius 2 is 1.05 bits per heavy atom. The van der Waals surface area contributed by atoms with Crippen molar-refractivity contribution in [1.29, 1.82) is 0 Å². The van der Waals surface area contributed by atoms with Gasteiger partial charge in [0.05, 0.1) is 0 Å². The SMILES string of the molecule is Cc1c(C(C)(C)C)sc(C(C)(C)C)c1C(C)(C)C.SI. The van der Waals surface area contributed by atoms with E-state index in [1.807, 2.05) is 32.5 Å². The minimum Gasteiger partial charge on any atom is -0.144 e. The van der Waals surface area contributed by atoms with Crippen molar-refractivity contribution in [3.63, 3.8) is 0 Å². The van der Waals surface area contributed by atoms with Crippen LogP contribution in [0.15, 0.2) is 0 Å². The summed E-state index contributed by atoms with van der Waals surface area (Å²) in [5.41, 5.74) is 3.81. The van der Waals surface area contributed by atoms with Crippen molar-refractivity contribution in [2.24, 2.45) is 0 Å². The Bertz CT molecular complexity index is 437. The molecule has 0 aliphatic rings. The molecular weight excluding hydrogens is 395 g/mol. The van der Waals surface area contributed by atoms with Crippen LogP contribution in [0, 0.1) is 6.92 Å². The third kappa shape index (κ3) is 4.91.